The second kappa shape index (κ2) is 6.13. The molecule has 0 spiro atoms. The Morgan fingerprint density at radius 3 is 2.62 bits per heavy atom. The molecule has 0 aliphatic heterocycles. The van der Waals surface area contributed by atoms with Crippen molar-refractivity contribution in [3.63, 3.8) is 0 Å². The summed E-state index contributed by atoms with van der Waals surface area (Å²) in [5.41, 5.74) is 0.743. The number of pyridine rings is 1. The minimum Gasteiger partial charge on any atom is -0.370 e. The largest absolute Gasteiger partial charge is 0.370 e. The van der Waals surface area contributed by atoms with Crippen LogP contribution in [0.1, 0.15) is 19.0 Å². The van der Waals surface area contributed by atoms with Crippen molar-refractivity contribution in [3.8, 4) is 0 Å². The van der Waals surface area contributed by atoms with Crippen LogP contribution in [0.3, 0.4) is 0 Å². The van der Waals surface area contributed by atoms with Gasteiger partial charge in [-0.25, -0.2) is 13.4 Å². The fraction of sp³-hybridized carbons (Fsp3) is 0.385. The molecule has 0 amide bonds. The van der Waals surface area contributed by atoms with Crippen LogP contribution in [0.2, 0.25) is 0 Å². The number of hydrogen-bond donors (Lipinski definition) is 2. The molecule has 0 aliphatic carbocycles. The van der Waals surface area contributed by atoms with E-state index in [9.17, 15) is 8.42 Å². The molecular weight excluding hydrogens is 290 g/mol. The molecule has 7 nitrogen and oxygen atoms in total. The minimum absolute atomic E-state index is 0.114. The number of aryl methyl sites for hydroxylation is 2. The highest BCUT2D eigenvalue weighted by Crippen LogP contribution is 2.16. The van der Waals surface area contributed by atoms with Crippen LogP contribution in [0.25, 0.3) is 0 Å². The van der Waals surface area contributed by atoms with Crippen LogP contribution in [0, 0.1) is 6.92 Å². The minimum atomic E-state index is -3.66. The standard InChI is InChI=1S/C13H19N5O2S/c1-4-7-14-12-6-5-11(9-15-12)21(19,20)17-13-8-10(2)16-18(13)3/h5-6,8-9,17H,4,7H2,1-3H3,(H,14,15). The van der Waals surface area contributed by atoms with Gasteiger partial charge in [0.25, 0.3) is 10.0 Å². The molecule has 21 heavy (non-hydrogen) atoms. The molecule has 0 unspecified atom stereocenters. The summed E-state index contributed by atoms with van der Waals surface area (Å²) < 4.78 is 28.5. The van der Waals surface area contributed by atoms with Gasteiger partial charge in [0.05, 0.1) is 5.69 Å². The summed E-state index contributed by atoms with van der Waals surface area (Å²) in [6.07, 6.45) is 2.31. The second-order valence-corrected chi connectivity index (χ2v) is 6.39. The molecule has 2 aromatic rings. The predicted molar refractivity (Wildman–Crippen MR) is 81.8 cm³/mol. The lowest BCUT2D eigenvalue weighted by Crippen LogP contribution is -2.15. The Balaban J connectivity index is 2.17. The average Bonchev–Trinajstić information content (AvgIpc) is 2.74. The van der Waals surface area contributed by atoms with Gasteiger partial charge in [0, 0.05) is 25.9 Å². The summed E-state index contributed by atoms with van der Waals surface area (Å²) in [5, 5.41) is 7.20. The van der Waals surface area contributed by atoms with Crippen molar-refractivity contribution in [1.29, 1.82) is 0 Å². The highest BCUT2D eigenvalue weighted by atomic mass is 32.2. The lowest BCUT2D eigenvalue weighted by Gasteiger charge is -2.08. The van der Waals surface area contributed by atoms with E-state index in [2.05, 4.69) is 20.1 Å². The van der Waals surface area contributed by atoms with Gasteiger partial charge in [0.2, 0.25) is 0 Å². The van der Waals surface area contributed by atoms with Crippen LogP contribution in [0.5, 0.6) is 0 Å². The van der Waals surface area contributed by atoms with Gasteiger partial charge in [-0.3, -0.25) is 9.40 Å². The summed E-state index contributed by atoms with van der Waals surface area (Å²) in [4.78, 5) is 4.21. The number of nitrogens with one attached hydrogen (secondary N) is 2. The van der Waals surface area contributed by atoms with E-state index in [1.54, 1.807) is 26.1 Å². The van der Waals surface area contributed by atoms with E-state index >= 15 is 0 Å². The van der Waals surface area contributed by atoms with Crippen LogP contribution in [-0.4, -0.2) is 29.7 Å². The molecule has 0 fully saturated rings. The van der Waals surface area contributed by atoms with Crippen LogP contribution >= 0.6 is 0 Å². The Hall–Kier alpha value is -2.09. The molecule has 2 N–H and O–H groups in total. The summed E-state index contributed by atoms with van der Waals surface area (Å²) >= 11 is 0. The number of hydrogen-bond acceptors (Lipinski definition) is 5. The van der Waals surface area contributed by atoms with Crippen molar-refractivity contribution in [2.45, 2.75) is 25.2 Å². The van der Waals surface area contributed by atoms with Crippen LogP contribution < -0.4 is 10.0 Å². The molecule has 0 radical (unpaired) electrons. The van der Waals surface area contributed by atoms with E-state index in [0.717, 1.165) is 18.7 Å². The summed E-state index contributed by atoms with van der Waals surface area (Å²) in [5.74, 6) is 1.08. The molecule has 0 atom stereocenters. The second-order valence-electron chi connectivity index (χ2n) is 4.71. The maximum atomic E-state index is 12.3. The molecule has 2 heterocycles. The maximum Gasteiger partial charge on any atom is 0.264 e. The number of anilines is 2. The molecular formula is C13H19N5O2S. The summed E-state index contributed by atoms with van der Waals surface area (Å²) in [6.45, 7) is 4.64. The number of aromatic nitrogens is 3. The SMILES string of the molecule is CCCNc1ccc(S(=O)(=O)Nc2cc(C)nn2C)cn1. The lowest BCUT2D eigenvalue weighted by atomic mass is 10.4. The highest BCUT2D eigenvalue weighted by molar-refractivity contribution is 7.92. The van der Waals surface area contributed by atoms with Gasteiger partial charge in [-0.2, -0.15) is 5.10 Å². The van der Waals surface area contributed by atoms with Crippen molar-refractivity contribution in [2.24, 2.45) is 7.05 Å². The van der Waals surface area contributed by atoms with Gasteiger partial charge in [-0.15, -0.1) is 0 Å². The molecule has 2 rings (SSSR count). The van der Waals surface area contributed by atoms with Crippen LogP contribution in [0.15, 0.2) is 29.3 Å². The fourth-order valence-corrected chi connectivity index (χ4v) is 2.82. The average molecular weight is 309 g/mol. The molecule has 0 aromatic carbocycles. The molecule has 8 heteroatoms. The van der Waals surface area contributed by atoms with Crippen molar-refractivity contribution in [1.82, 2.24) is 14.8 Å². The van der Waals surface area contributed by atoms with Gasteiger partial charge in [-0.1, -0.05) is 6.92 Å². The first-order chi connectivity index (χ1) is 9.92. The Labute approximate surface area is 124 Å². The quantitative estimate of drug-likeness (QED) is 0.848. The van der Waals surface area contributed by atoms with Crippen molar-refractivity contribution >= 4 is 21.7 Å². The van der Waals surface area contributed by atoms with E-state index in [1.807, 2.05) is 6.92 Å². The first-order valence-corrected chi connectivity index (χ1v) is 8.14. The number of rotatable bonds is 6. The Bertz CT molecular complexity index is 707. The Morgan fingerprint density at radius 2 is 2.10 bits per heavy atom. The highest BCUT2D eigenvalue weighted by Gasteiger charge is 2.16. The van der Waals surface area contributed by atoms with Gasteiger partial charge >= 0.3 is 0 Å². The van der Waals surface area contributed by atoms with E-state index in [1.165, 1.54) is 16.9 Å². The van der Waals surface area contributed by atoms with Gasteiger partial charge in [0.15, 0.2) is 0 Å². The fourth-order valence-electron chi connectivity index (χ4n) is 1.80. The van der Waals surface area contributed by atoms with Crippen LogP contribution in [-0.2, 0) is 17.1 Å². The first kappa shape index (κ1) is 15.3. The Kier molecular flexibility index (Phi) is 4.46. The molecule has 0 bridgehead atoms. The maximum absolute atomic E-state index is 12.3. The van der Waals surface area contributed by atoms with Crippen LogP contribution in [0.4, 0.5) is 11.6 Å². The molecule has 2 aromatic heterocycles. The Morgan fingerprint density at radius 1 is 1.33 bits per heavy atom. The van der Waals surface area contributed by atoms with Crippen molar-refractivity contribution in [3.05, 3.63) is 30.1 Å². The zero-order valence-electron chi connectivity index (χ0n) is 12.3. The van der Waals surface area contributed by atoms with E-state index in [4.69, 9.17) is 0 Å². The number of sulfonamides is 1. The van der Waals surface area contributed by atoms with Crippen molar-refractivity contribution < 1.29 is 8.42 Å². The number of nitrogens with zero attached hydrogens (tertiary/aromatic N) is 3. The van der Waals surface area contributed by atoms with E-state index < -0.39 is 10.0 Å². The van der Waals surface area contributed by atoms with Gasteiger partial charge in [0.1, 0.15) is 16.5 Å². The predicted octanol–water partition coefficient (Wildman–Crippen LogP) is 1.75. The topological polar surface area (TPSA) is 88.9 Å². The third kappa shape index (κ3) is 3.72. The van der Waals surface area contributed by atoms with Crippen molar-refractivity contribution in [2.75, 3.05) is 16.6 Å². The smallest absolute Gasteiger partial charge is 0.264 e. The van der Waals surface area contributed by atoms with Gasteiger partial charge < -0.3 is 5.32 Å². The molecule has 0 saturated carbocycles. The zero-order valence-corrected chi connectivity index (χ0v) is 13.1. The zero-order chi connectivity index (χ0) is 15.5. The normalized spacial score (nSPS) is 11.4. The molecule has 114 valence electrons. The lowest BCUT2D eigenvalue weighted by molar-refractivity contribution is 0.600. The monoisotopic (exact) mass is 309 g/mol. The third-order valence-corrected chi connectivity index (χ3v) is 4.18. The first-order valence-electron chi connectivity index (χ1n) is 6.66. The van der Waals surface area contributed by atoms with Gasteiger partial charge in [-0.05, 0) is 25.5 Å². The molecule has 0 saturated heterocycles. The molecule has 0 aliphatic rings. The third-order valence-electron chi connectivity index (χ3n) is 2.84. The summed E-state index contributed by atoms with van der Waals surface area (Å²) in [6, 6.07) is 4.84. The van der Waals surface area contributed by atoms with E-state index in [-0.39, 0.29) is 4.90 Å². The van der Waals surface area contributed by atoms with E-state index in [0.29, 0.717) is 11.6 Å². The summed E-state index contributed by atoms with van der Waals surface area (Å²) in [7, 11) is -1.98.